The van der Waals surface area contributed by atoms with Crippen LogP contribution in [0.4, 0.5) is 0 Å². The van der Waals surface area contributed by atoms with Crippen molar-refractivity contribution in [3.05, 3.63) is 0 Å². The van der Waals surface area contributed by atoms with E-state index in [0.717, 1.165) is 13.3 Å². The molecule has 0 fully saturated rings. The highest BCUT2D eigenvalue weighted by molar-refractivity contribution is 5.62. The highest BCUT2D eigenvalue weighted by Crippen LogP contribution is 1.56. The zero-order chi connectivity index (χ0) is 7.70. The molecule has 0 aliphatic carbocycles. The van der Waals surface area contributed by atoms with Crippen LogP contribution in [0.2, 0.25) is 0 Å². The average molecular weight is 133 g/mol. The summed E-state index contributed by atoms with van der Waals surface area (Å²) in [5, 5.41) is 13.7. The summed E-state index contributed by atoms with van der Waals surface area (Å²) in [6.45, 7) is 3.52. The number of nitrogens with one attached hydrogen (secondary N) is 1. The van der Waals surface area contributed by atoms with Crippen molar-refractivity contribution >= 4 is 12.4 Å². The van der Waals surface area contributed by atoms with Crippen LogP contribution in [-0.4, -0.2) is 24.1 Å². The number of hydrogen-bond donors (Lipinski definition) is 2. The van der Waals surface area contributed by atoms with Crippen molar-refractivity contribution in [2.75, 3.05) is 6.61 Å². The van der Waals surface area contributed by atoms with Crippen molar-refractivity contribution in [3.63, 3.8) is 0 Å². The van der Waals surface area contributed by atoms with Gasteiger partial charge < -0.3 is 9.84 Å². The summed E-state index contributed by atoms with van der Waals surface area (Å²) < 4.78 is 4.38. The molecule has 0 bridgehead atoms. The molecule has 2 N–H and O–H groups in total. The van der Waals surface area contributed by atoms with Gasteiger partial charge in [-0.15, -0.1) is 0 Å². The zero-order valence-corrected chi connectivity index (χ0v) is 5.55. The van der Waals surface area contributed by atoms with E-state index in [1.165, 1.54) is 0 Å². The quantitative estimate of drug-likeness (QED) is 0.430. The van der Waals surface area contributed by atoms with E-state index in [-0.39, 0.29) is 0 Å². The van der Waals surface area contributed by atoms with E-state index >= 15 is 0 Å². The maximum absolute atomic E-state index is 9.00. The number of ether oxygens (including phenoxy) is 1. The number of hydrogen-bond acceptors (Lipinski definition) is 3. The van der Waals surface area contributed by atoms with Crippen LogP contribution in [0.1, 0.15) is 13.8 Å². The topological polar surface area (TPSA) is 70.4 Å². The zero-order valence-electron chi connectivity index (χ0n) is 5.55. The molecule has 0 rings (SSSR count). The van der Waals surface area contributed by atoms with Crippen LogP contribution in [0.15, 0.2) is 0 Å². The molecule has 0 aliphatic heterocycles. The van der Waals surface area contributed by atoms with Crippen LogP contribution in [-0.2, 0) is 9.53 Å². The summed E-state index contributed by atoms with van der Waals surface area (Å²) in [5.41, 5.74) is 0. The molecule has 4 heteroatoms. The number of carboxylic acids is 1. The van der Waals surface area contributed by atoms with Crippen LogP contribution in [0.5, 0.6) is 0 Å². The van der Waals surface area contributed by atoms with Gasteiger partial charge in [0.1, 0.15) is 0 Å². The number of carbonyl (C=O) groups is 1. The molecule has 0 saturated heterocycles. The Morgan fingerprint density at radius 3 is 2.22 bits per heavy atom. The highest BCUT2D eigenvalue weighted by Gasteiger charge is 1.65. The van der Waals surface area contributed by atoms with E-state index in [1.54, 1.807) is 0 Å². The lowest BCUT2D eigenvalue weighted by Crippen LogP contribution is -1.80. The summed E-state index contributed by atoms with van der Waals surface area (Å²) in [4.78, 5) is 9.00. The highest BCUT2D eigenvalue weighted by atomic mass is 16.5. The van der Waals surface area contributed by atoms with Crippen molar-refractivity contribution in [2.45, 2.75) is 13.8 Å². The molecule has 0 atom stereocenters. The van der Waals surface area contributed by atoms with Gasteiger partial charge in [-0.3, -0.25) is 10.2 Å². The van der Waals surface area contributed by atoms with Crippen LogP contribution in [0, 0.1) is 5.41 Å². The molecule has 54 valence electrons. The maximum Gasteiger partial charge on any atom is 0.300 e. The van der Waals surface area contributed by atoms with Gasteiger partial charge in [0.05, 0.1) is 6.61 Å². The minimum atomic E-state index is -0.833. The predicted octanol–water partition coefficient (Wildman–Crippen LogP) is 0.721. The van der Waals surface area contributed by atoms with Crippen molar-refractivity contribution in [3.8, 4) is 0 Å². The average Bonchev–Trinajstić information content (AvgIpc) is 1.66. The first-order valence-electron chi connectivity index (χ1n) is 2.45. The molecular weight excluding hydrogens is 122 g/mol. The first-order valence-corrected chi connectivity index (χ1v) is 2.45. The summed E-state index contributed by atoms with van der Waals surface area (Å²) >= 11 is 0. The normalized spacial score (nSPS) is 6.44. The second-order valence-corrected chi connectivity index (χ2v) is 1.09. The fraction of sp³-hybridized carbons (Fsp3) is 0.600. The lowest BCUT2D eigenvalue weighted by atomic mass is 10.9. The van der Waals surface area contributed by atoms with E-state index < -0.39 is 5.97 Å². The molecule has 0 unspecified atom stereocenters. The minimum Gasteiger partial charge on any atom is -0.484 e. The summed E-state index contributed by atoms with van der Waals surface area (Å²) in [5.74, 6) is -0.833. The number of aliphatic carboxylic acids is 1. The Hall–Kier alpha value is -1.06. The molecular formula is C5H11NO3. The van der Waals surface area contributed by atoms with Crippen molar-refractivity contribution < 1.29 is 14.6 Å². The second-order valence-electron chi connectivity index (χ2n) is 1.09. The van der Waals surface area contributed by atoms with Crippen molar-refractivity contribution in [1.82, 2.24) is 0 Å². The number of carboxylic acid groups (broad SMARTS) is 1. The first-order chi connectivity index (χ1) is 4.15. The largest absolute Gasteiger partial charge is 0.484 e. The number of rotatable bonds is 2. The van der Waals surface area contributed by atoms with E-state index in [1.807, 2.05) is 6.92 Å². The third kappa shape index (κ3) is 192. The minimum absolute atomic E-state index is 0.601. The van der Waals surface area contributed by atoms with Crippen LogP contribution >= 0.6 is 0 Å². The van der Waals surface area contributed by atoms with Gasteiger partial charge in [-0.25, -0.2) is 0 Å². The Kier molecular flexibility index (Phi) is 12.1. The molecule has 0 aromatic heterocycles. The fourth-order valence-electron chi connectivity index (χ4n) is 0.0833. The Morgan fingerprint density at radius 2 is 2.22 bits per heavy atom. The van der Waals surface area contributed by atoms with Crippen molar-refractivity contribution in [2.24, 2.45) is 0 Å². The van der Waals surface area contributed by atoms with Gasteiger partial charge in [-0.05, 0) is 6.92 Å². The molecule has 0 aliphatic rings. The Balaban J connectivity index is 0. The Morgan fingerprint density at radius 1 is 1.89 bits per heavy atom. The van der Waals surface area contributed by atoms with Gasteiger partial charge in [0.15, 0.2) is 6.40 Å². The molecule has 0 heterocycles. The van der Waals surface area contributed by atoms with Crippen LogP contribution in [0.3, 0.4) is 0 Å². The van der Waals surface area contributed by atoms with Gasteiger partial charge in [0.2, 0.25) is 0 Å². The van der Waals surface area contributed by atoms with Gasteiger partial charge >= 0.3 is 0 Å². The summed E-state index contributed by atoms with van der Waals surface area (Å²) in [6.07, 6.45) is 0.931. The molecule has 0 aromatic carbocycles. The lowest BCUT2D eigenvalue weighted by Gasteiger charge is -1.82. The van der Waals surface area contributed by atoms with E-state index in [2.05, 4.69) is 4.74 Å². The Labute approximate surface area is 54.0 Å². The monoisotopic (exact) mass is 133 g/mol. The van der Waals surface area contributed by atoms with Crippen LogP contribution in [0.25, 0.3) is 0 Å². The third-order valence-corrected chi connectivity index (χ3v) is 0.250. The summed E-state index contributed by atoms with van der Waals surface area (Å²) in [6, 6.07) is 0. The second kappa shape index (κ2) is 10.0. The van der Waals surface area contributed by atoms with E-state index in [4.69, 9.17) is 15.3 Å². The standard InChI is InChI=1S/C3H7NO.C2H4O2/c1-2-5-3-4;1-2(3)4/h3-4H,2H2,1H3;1H3,(H,3,4). The summed E-state index contributed by atoms with van der Waals surface area (Å²) in [7, 11) is 0. The van der Waals surface area contributed by atoms with E-state index in [0.29, 0.717) is 6.61 Å². The SMILES string of the molecule is CC(=O)O.CCOC=N. The smallest absolute Gasteiger partial charge is 0.300 e. The van der Waals surface area contributed by atoms with Crippen molar-refractivity contribution in [1.29, 1.82) is 5.41 Å². The van der Waals surface area contributed by atoms with Crippen LogP contribution < -0.4 is 0 Å². The molecule has 9 heavy (non-hydrogen) atoms. The molecule has 4 nitrogen and oxygen atoms in total. The fourth-order valence-corrected chi connectivity index (χ4v) is 0.0833. The van der Waals surface area contributed by atoms with E-state index in [9.17, 15) is 0 Å². The van der Waals surface area contributed by atoms with Gasteiger partial charge in [0, 0.05) is 6.92 Å². The Bertz CT molecular complexity index is 78.3. The first kappa shape index (κ1) is 10.8. The third-order valence-electron chi connectivity index (χ3n) is 0.250. The molecule has 0 spiro atoms. The van der Waals surface area contributed by atoms with Gasteiger partial charge in [-0.1, -0.05) is 0 Å². The maximum atomic E-state index is 9.00. The van der Waals surface area contributed by atoms with Gasteiger partial charge in [-0.2, -0.15) is 0 Å². The predicted molar refractivity (Wildman–Crippen MR) is 33.7 cm³/mol. The molecule has 0 saturated carbocycles. The van der Waals surface area contributed by atoms with Gasteiger partial charge in [0.25, 0.3) is 5.97 Å². The molecule has 0 aromatic rings. The lowest BCUT2D eigenvalue weighted by molar-refractivity contribution is -0.134. The molecule has 0 radical (unpaired) electrons. The molecule has 0 amide bonds.